The average Bonchev–Trinajstić information content (AvgIpc) is 2.92. The Morgan fingerprint density at radius 3 is 2.14 bits per heavy atom. The van der Waals surface area contributed by atoms with E-state index in [1.54, 1.807) is 0 Å². The zero-order valence-electron chi connectivity index (χ0n) is 17.7. The topological polar surface area (TPSA) is 40.6 Å². The second-order valence-corrected chi connectivity index (χ2v) is 8.57. The number of aryl methyl sites for hydroxylation is 3. The lowest BCUT2D eigenvalue weighted by molar-refractivity contribution is -0.120. The minimum absolute atomic E-state index is 0.204. The number of anilines is 1. The van der Waals surface area contributed by atoms with Gasteiger partial charge in [0.1, 0.15) is 5.70 Å². The molecule has 150 valence electrons. The maximum Gasteiger partial charge on any atom is 0.282 e. The SMILES string of the molecule is Cc1ccc(C2=C(N3CCCC(C)C3)C(=O)N(c3cc(C)cc(C)c3)C2=O)cc1. The van der Waals surface area contributed by atoms with Gasteiger partial charge in [-0.25, -0.2) is 4.90 Å². The molecule has 2 aliphatic heterocycles. The first-order valence-corrected chi connectivity index (χ1v) is 10.4. The van der Waals surface area contributed by atoms with Crippen LogP contribution in [0.15, 0.2) is 48.2 Å². The largest absolute Gasteiger partial charge is 0.366 e. The normalized spacial score (nSPS) is 20.1. The van der Waals surface area contributed by atoms with Crippen LogP contribution < -0.4 is 4.90 Å². The number of imide groups is 1. The van der Waals surface area contributed by atoms with Crippen molar-refractivity contribution in [3.05, 3.63) is 70.4 Å². The summed E-state index contributed by atoms with van der Waals surface area (Å²) in [5, 5.41) is 0. The second kappa shape index (κ2) is 7.51. The number of rotatable bonds is 3. The van der Waals surface area contributed by atoms with E-state index in [1.807, 2.05) is 57.2 Å². The van der Waals surface area contributed by atoms with E-state index in [0.717, 1.165) is 48.2 Å². The average molecular weight is 389 g/mol. The van der Waals surface area contributed by atoms with Crippen LogP contribution in [0.1, 0.15) is 42.0 Å². The van der Waals surface area contributed by atoms with Crippen LogP contribution in [0, 0.1) is 26.7 Å². The van der Waals surface area contributed by atoms with Crippen molar-refractivity contribution >= 4 is 23.1 Å². The van der Waals surface area contributed by atoms with E-state index in [1.165, 1.54) is 4.90 Å². The molecule has 0 N–H and O–H groups in total. The Labute approximate surface area is 172 Å². The Morgan fingerprint density at radius 1 is 0.862 bits per heavy atom. The van der Waals surface area contributed by atoms with Crippen LogP contribution in [-0.4, -0.2) is 29.8 Å². The first-order valence-electron chi connectivity index (χ1n) is 10.4. The summed E-state index contributed by atoms with van der Waals surface area (Å²) in [5.74, 6) is 0.0791. The fourth-order valence-electron chi connectivity index (χ4n) is 4.50. The molecule has 2 aromatic carbocycles. The molecule has 2 amide bonds. The molecule has 0 bridgehead atoms. The number of nitrogens with zero attached hydrogens (tertiary/aromatic N) is 2. The molecule has 2 aromatic rings. The molecule has 2 aliphatic rings. The van der Waals surface area contributed by atoms with Crippen molar-refractivity contribution in [3.8, 4) is 0 Å². The minimum Gasteiger partial charge on any atom is -0.366 e. The molecular weight excluding hydrogens is 360 g/mol. The summed E-state index contributed by atoms with van der Waals surface area (Å²) in [6, 6.07) is 13.8. The first kappa shape index (κ1) is 19.4. The Balaban J connectivity index is 1.84. The highest BCUT2D eigenvalue weighted by molar-refractivity contribution is 6.45. The van der Waals surface area contributed by atoms with E-state index >= 15 is 0 Å². The lowest BCUT2D eigenvalue weighted by Gasteiger charge is -2.33. The first-order chi connectivity index (χ1) is 13.8. The zero-order valence-corrected chi connectivity index (χ0v) is 17.7. The number of carbonyl (C=O) groups excluding carboxylic acids is 2. The third kappa shape index (κ3) is 3.59. The number of piperidine rings is 1. The molecule has 29 heavy (non-hydrogen) atoms. The zero-order chi connectivity index (χ0) is 20.7. The van der Waals surface area contributed by atoms with E-state index in [-0.39, 0.29) is 11.8 Å². The number of hydrogen-bond acceptors (Lipinski definition) is 3. The van der Waals surface area contributed by atoms with Crippen LogP contribution >= 0.6 is 0 Å². The van der Waals surface area contributed by atoms with Gasteiger partial charge in [0.25, 0.3) is 11.8 Å². The summed E-state index contributed by atoms with van der Waals surface area (Å²) in [6.07, 6.45) is 2.20. The van der Waals surface area contributed by atoms with Crippen LogP contribution in [0.25, 0.3) is 5.57 Å². The van der Waals surface area contributed by atoms with Gasteiger partial charge >= 0.3 is 0 Å². The van der Waals surface area contributed by atoms with Gasteiger partial charge in [-0.05, 0) is 68.4 Å². The Bertz CT molecular complexity index is 984. The van der Waals surface area contributed by atoms with Gasteiger partial charge in [-0.2, -0.15) is 0 Å². The lowest BCUT2D eigenvalue weighted by Crippen LogP contribution is -2.39. The molecule has 1 saturated heterocycles. The van der Waals surface area contributed by atoms with Crippen molar-refractivity contribution in [1.29, 1.82) is 0 Å². The van der Waals surface area contributed by atoms with Gasteiger partial charge in [0.05, 0.1) is 11.3 Å². The van der Waals surface area contributed by atoms with E-state index < -0.39 is 0 Å². The van der Waals surface area contributed by atoms with Gasteiger partial charge in [-0.1, -0.05) is 42.8 Å². The third-order valence-corrected chi connectivity index (χ3v) is 5.84. The number of hydrogen-bond donors (Lipinski definition) is 0. The van der Waals surface area contributed by atoms with Gasteiger partial charge in [0.2, 0.25) is 0 Å². The molecule has 1 atom stereocenters. The summed E-state index contributed by atoms with van der Waals surface area (Å²) >= 11 is 0. The number of amides is 2. The summed E-state index contributed by atoms with van der Waals surface area (Å²) in [6.45, 7) is 9.83. The minimum atomic E-state index is -0.225. The van der Waals surface area contributed by atoms with Crippen LogP contribution in [0.2, 0.25) is 0 Å². The van der Waals surface area contributed by atoms with Crippen molar-refractivity contribution < 1.29 is 9.59 Å². The summed E-state index contributed by atoms with van der Waals surface area (Å²) in [5.41, 5.74) is 5.77. The quantitative estimate of drug-likeness (QED) is 0.720. The Kier molecular flexibility index (Phi) is 5.03. The molecular formula is C25H28N2O2. The van der Waals surface area contributed by atoms with E-state index in [2.05, 4.69) is 17.9 Å². The van der Waals surface area contributed by atoms with Crippen LogP contribution in [0.3, 0.4) is 0 Å². The van der Waals surface area contributed by atoms with Crippen molar-refractivity contribution in [2.75, 3.05) is 18.0 Å². The van der Waals surface area contributed by atoms with Gasteiger partial charge in [0.15, 0.2) is 0 Å². The number of likely N-dealkylation sites (tertiary alicyclic amines) is 1. The molecule has 2 heterocycles. The molecule has 4 nitrogen and oxygen atoms in total. The maximum atomic E-state index is 13.6. The fourth-order valence-corrected chi connectivity index (χ4v) is 4.50. The molecule has 0 spiro atoms. The lowest BCUT2D eigenvalue weighted by atomic mass is 9.97. The monoisotopic (exact) mass is 388 g/mol. The molecule has 4 rings (SSSR count). The van der Waals surface area contributed by atoms with Crippen molar-refractivity contribution in [2.24, 2.45) is 5.92 Å². The van der Waals surface area contributed by atoms with E-state index in [0.29, 0.717) is 22.9 Å². The maximum absolute atomic E-state index is 13.6. The van der Waals surface area contributed by atoms with Gasteiger partial charge < -0.3 is 4.90 Å². The number of carbonyl (C=O) groups is 2. The molecule has 1 unspecified atom stereocenters. The highest BCUT2D eigenvalue weighted by Crippen LogP contribution is 2.37. The predicted molar refractivity (Wildman–Crippen MR) is 116 cm³/mol. The summed E-state index contributed by atoms with van der Waals surface area (Å²) in [7, 11) is 0. The predicted octanol–water partition coefficient (Wildman–Crippen LogP) is 4.63. The molecule has 0 aliphatic carbocycles. The molecule has 0 radical (unpaired) electrons. The third-order valence-electron chi connectivity index (χ3n) is 5.84. The highest BCUT2D eigenvalue weighted by atomic mass is 16.2. The standard InChI is InChI=1S/C25H28N2O2/c1-16-7-9-20(10-8-16)22-23(26-11-5-6-17(2)15-26)25(29)27(24(22)28)21-13-18(3)12-19(4)14-21/h7-10,12-14,17H,5-6,11,15H2,1-4H3. The van der Waals surface area contributed by atoms with E-state index in [4.69, 9.17) is 0 Å². The summed E-state index contributed by atoms with van der Waals surface area (Å²) in [4.78, 5) is 30.7. The molecule has 0 saturated carbocycles. The summed E-state index contributed by atoms with van der Waals surface area (Å²) < 4.78 is 0. The smallest absolute Gasteiger partial charge is 0.282 e. The van der Waals surface area contributed by atoms with Crippen molar-refractivity contribution in [1.82, 2.24) is 4.90 Å². The van der Waals surface area contributed by atoms with Crippen LogP contribution in [-0.2, 0) is 9.59 Å². The molecule has 1 fully saturated rings. The van der Waals surface area contributed by atoms with Crippen LogP contribution in [0.4, 0.5) is 5.69 Å². The Morgan fingerprint density at radius 2 is 1.52 bits per heavy atom. The fraction of sp³-hybridized carbons (Fsp3) is 0.360. The molecule has 0 aromatic heterocycles. The van der Waals surface area contributed by atoms with Crippen LogP contribution in [0.5, 0.6) is 0 Å². The van der Waals surface area contributed by atoms with Crippen molar-refractivity contribution in [2.45, 2.75) is 40.5 Å². The van der Waals surface area contributed by atoms with Gasteiger partial charge in [0, 0.05) is 13.1 Å². The second-order valence-electron chi connectivity index (χ2n) is 8.57. The highest BCUT2D eigenvalue weighted by Gasteiger charge is 2.43. The van der Waals surface area contributed by atoms with Gasteiger partial charge in [-0.15, -0.1) is 0 Å². The number of benzene rings is 2. The van der Waals surface area contributed by atoms with Crippen molar-refractivity contribution in [3.63, 3.8) is 0 Å². The van der Waals surface area contributed by atoms with E-state index in [9.17, 15) is 9.59 Å². The Hall–Kier alpha value is -2.88. The molecule has 4 heteroatoms. The van der Waals surface area contributed by atoms with Gasteiger partial charge in [-0.3, -0.25) is 9.59 Å².